The molecule has 0 bridgehead atoms. The van der Waals surface area contributed by atoms with Gasteiger partial charge in [-0.1, -0.05) is 16.8 Å². The molecule has 2 amide bonds. The van der Waals surface area contributed by atoms with Crippen LogP contribution in [-0.2, 0) is 57.5 Å². The molecule has 8 aromatic rings. The number of anilines is 4. The molecular weight excluding hydrogens is 1230 g/mol. The molecule has 93 heavy (non-hydrogen) atoms. The van der Waals surface area contributed by atoms with Crippen molar-refractivity contribution in [3.63, 3.8) is 0 Å². The highest BCUT2D eigenvalue weighted by atomic mass is 35.5. The van der Waals surface area contributed by atoms with Crippen molar-refractivity contribution in [2.24, 2.45) is 0 Å². The number of nitrogens with two attached hydrogens (primary N) is 1. The second kappa shape index (κ2) is 33.2. The fourth-order valence-corrected chi connectivity index (χ4v) is 9.90. The molecule has 6 N–H and O–H groups in total. The fourth-order valence-electron chi connectivity index (χ4n) is 9.71. The number of rotatable bonds is 34. The predicted octanol–water partition coefficient (Wildman–Crippen LogP) is 4.47. The van der Waals surface area contributed by atoms with E-state index in [0.29, 0.717) is 139 Å². The number of carboxylic acids is 1. The van der Waals surface area contributed by atoms with E-state index in [0.717, 1.165) is 5.69 Å². The van der Waals surface area contributed by atoms with Gasteiger partial charge in [-0.25, -0.2) is 48.2 Å². The number of H-pyrrole nitrogens is 1. The van der Waals surface area contributed by atoms with E-state index in [1.54, 1.807) is 60.9 Å². The number of aromatic amines is 1. The Bertz CT molecular complexity index is 3970. The number of carbonyl (C=O) groups is 3. The number of aliphatic carboxylic acids is 1. The highest BCUT2D eigenvalue weighted by Crippen LogP contribution is 2.37. The van der Waals surface area contributed by atoms with Gasteiger partial charge >= 0.3 is 5.97 Å². The van der Waals surface area contributed by atoms with Gasteiger partial charge in [0.15, 0.2) is 17.0 Å². The minimum absolute atomic E-state index is 0.0380. The maximum atomic E-state index is 15.6. The Hall–Kier alpha value is -9.55. The first kappa shape index (κ1) is 67.8. The average Bonchev–Trinajstić information content (AvgIpc) is 1.31. The van der Waals surface area contributed by atoms with Gasteiger partial charge in [-0.05, 0) is 69.2 Å². The Balaban J connectivity index is 0.559. The number of nitrogen functional groups attached to an aromatic ring is 1. The molecule has 1 aliphatic heterocycles. The molecule has 490 valence electrons. The standard InChI is InChI=1S/C61H69ClF2N18O11/c1-37(45-28-39(30-65)4-10-46(45)63)71-54-51(62)38(2)70-49-29-47(64)52(74-53(49)54)41-31-68-61(69-32-41)81-14-12-80(13-15-81)50(83)36-93-27-26-92-25-24-91-23-22-90-21-20-89-19-18-88-17-16-82-35-42(77-78-82)7-11-48(59(86)87)73-57(84)40-5-8-44(9-6-40)79(3)34-43-33-67-56-55(72-43)58(85)76-60(66)75-56/h4-6,8-10,28-29,31-33,35,37,48H,7,11-27,34,36H2,1-3H3,(H,70,71)(H,73,84)(H,86,87)(H3,66,67,75,76,85)/t37-,48+/m1/s1. The van der Waals surface area contributed by atoms with Gasteiger partial charge in [0.05, 0.1) is 143 Å². The molecule has 0 aliphatic carbocycles. The van der Waals surface area contributed by atoms with Crippen LogP contribution in [0.2, 0.25) is 5.02 Å². The van der Waals surface area contributed by atoms with Crippen LogP contribution in [0.4, 0.5) is 32.1 Å². The maximum Gasteiger partial charge on any atom is 0.326 e. The molecule has 9 rings (SSSR count). The van der Waals surface area contributed by atoms with Crippen molar-refractivity contribution in [1.82, 2.24) is 65.1 Å². The number of nitrogens with zero attached hydrogens (tertiary/aromatic N) is 14. The summed E-state index contributed by atoms with van der Waals surface area (Å²) in [6.45, 7) is 9.53. The van der Waals surface area contributed by atoms with E-state index in [1.807, 2.05) is 15.9 Å². The second-order valence-corrected chi connectivity index (χ2v) is 21.7. The summed E-state index contributed by atoms with van der Waals surface area (Å²) in [6, 6.07) is 12.1. The van der Waals surface area contributed by atoms with Gasteiger partial charge in [0.25, 0.3) is 11.5 Å². The maximum absolute atomic E-state index is 15.6. The number of hydrogen-bond acceptors (Lipinski definition) is 24. The minimum atomic E-state index is -1.18. The molecule has 1 saturated heterocycles. The van der Waals surface area contributed by atoms with Gasteiger partial charge in [-0.3, -0.25) is 19.4 Å². The van der Waals surface area contributed by atoms with Crippen LogP contribution >= 0.6 is 11.6 Å². The van der Waals surface area contributed by atoms with Crippen LogP contribution in [0.3, 0.4) is 0 Å². The minimum Gasteiger partial charge on any atom is -0.480 e. The molecule has 1 fully saturated rings. The van der Waals surface area contributed by atoms with Crippen LogP contribution in [-0.4, -0.2) is 201 Å². The summed E-state index contributed by atoms with van der Waals surface area (Å²) < 4.78 is 65.6. The lowest BCUT2D eigenvalue weighted by Gasteiger charge is -2.34. The Kier molecular flexibility index (Phi) is 24.2. The van der Waals surface area contributed by atoms with Crippen molar-refractivity contribution < 1.29 is 56.7 Å². The number of nitrogens with one attached hydrogen (secondary N) is 3. The van der Waals surface area contributed by atoms with Gasteiger partial charge in [-0.15, -0.1) is 5.10 Å². The van der Waals surface area contributed by atoms with Crippen LogP contribution in [0.25, 0.3) is 33.5 Å². The molecule has 0 radical (unpaired) electrons. The highest BCUT2D eigenvalue weighted by Gasteiger charge is 2.26. The number of fused-ring (bicyclic) bond motifs is 2. The largest absolute Gasteiger partial charge is 0.480 e. The van der Waals surface area contributed by atoms with Gasteiger partial charge in [0, 0.05) is 80.3 Å². The van der Waals surface area contributed by atoms with E-state index in [4.69, 9.17) is 45.8 Å². The summed E-state index contributed by atoms with van der Waals surface area (Å²) in [6.07, 6.45) is 6.49. The quantitative estimate of drug-likeness (QED) is 0.0347. The number of carboxylic acid groups (broad SMARTS) is 1. The highest BCUT2D eigenvalue weighted by molar-refractivity contribution is 6.35. The third kappa shape index (κ3) is 18.8. The normalized spacial score (nSPS) is 13.1. The Labute approximate surface area is 536 Å². The molecule has 29 nitrogen and oxygen atoms in total. The van der Waals surface area contributed by atoms with Crippen molar-refractivity contribution in [2.45, 2.75) is 51.9 Å². The zero-order valence-electron chi connectivity index (χ0n) is 51.2. The molecule has 1 aliphatic rings. The van der Waals surface area contributed by atoms with Crippen LogP contribution < -0.4 is 31.7 Å². The van der Waals surface area contributed by atoms with E-state index in [9.17, 15) is 33.9 Å². The third-order valence-electron chi connectivity index (χ3n) is 14.7. The van der Waals surface area contributed by atoms with Crippen LogP contribution in [0.5, 0.6) is 0 Å². The number of piperazine rings is 1. The summed E-state index contributed by atoms with van der Waals surface area (Å²) >= 11 is 6.71. The lowest BCUT2D eigenvalue weighted by molar-refractivity contribution is -0.139. The van der Waals surface area contributed by atoms with Crippen molar-refractivity contribution in [3.8, 4) is 17.3 Å². The monoisotopic (exact) mass is 1300 g/mol. The molecule has 0 unspecified atom stereocenters. The second-order valence-electron chi connectivity index (χ2n) is 21.3. The first-order valence-corrected chi connectivity index (χ1v) is 30.1. The number of amides is 2. The zero-order valence-corrected chi connectivity index (χ0v) is 52.0. The summed E-state index contributed by atoms with van der Waals surface area (Å²) in [7, 11) is 1.81. The van der Waals surface area contributed by atoms with Gasteiger partial charge in [0.1, 0.15) is 29.7 Å². The summed E-state index contributed by atoms with van der Waals surface area (Å²) in [5.41, 5.74) is 9.39. The SMILES string of the molecule is Cc1nc2cc(F)c(-c3cnc(N4CCN(C(=O)COCCOCCOCCOCCOCCOCCn5cc(CC[C@H](NC(=O)c6ccc(N(C)Cc7cnc8nc(N)[nH]c(=O)c8n7)cc6)C(=O)O)nn5)CC4)nc3)nc2c(N[C@H](C)c2cc(C#N)ccc2F)c1Cl. The topological polar surface area (TPSA) is 364 Å². The van der Waals surface area contributed by atoms with Gasteiger partial charge < -0.3 is 64.6 Å². The number of pyridine rings is 2. The molecule has 6 aromatic heterocycles. The fraction of sp³-hybridized carbons (Fsp3) is 0.410. The first-order chi connectivity index (χ1) is 45.0. The van der Waals surface area contributed by atoms with Crippen LogP contribution in [0.15, 0.2) is 78.1 Å². The Morgan fingerprint density at radius 1 is 0.817 bits per heavy atom. The van der Waals surface area contributed by atoms with E-state index in [-0.39, 0.29) is 88.6 Å². The van der Waals surface area contributed by atoms with Crippen molar-refractivity contribution >= 4 is 74.9 Å². The van der Waals surface area contributed by atoms with E-state index < -0.39 is 41.2 Å². The van der Waals surface area contributed by atoms with E-state index in [1.165, 1.54) is 42.9 Å². The number of aromatic nitrogens is 11. The van der Waals surface area contributed by atoms with Crippen LogP contribution in [0.1, 0.15) is 58.0 Å². The number of hydrogen-bond donors (Lipinski definition) is 5. The Morgan fingerprint density at radius 3 is 2.13 bits per heavy atom. The molecular formula is C61H69ClF2N18O11. The van der Waals surface area contributed by atoms with E-state index in [2.05, 4.69) is 60.8 Å². The number of halogens is 3. The van der Waals surface area contributed by atoms with Crippen molar-refractivity contribution in [2.75, 3.05) is 133 Å². The Morgan fingerprint density at radius 2 is 1.47 bits per heavy atom. The molecule has 0 saturated carbocycles. The average molecular weight is 1300 g/mol. The third-order valence-corrected chi connectivity index (χ3v) is 15.1. The molecule has 32 heteroatoms. The number of aryl methyl sites for hydroxylation is 2. The number of nitriles is 1. The van der Waals surface area contributed by atoms with Gasteiger partial charge in [0.2, 0.25) is 17.8 Å². The number of benzene rings is 2. The lowest BCUT2D eigenvalue weighted by Crippen LogP contribution is -2.50. The smallest absolute Gasteiger partial charge is 0.326 e. The first-order valence-electron chi connectivity index (χ1n) is 29.7. The summed E-state index contributed by atoms with van der Waals surface area (Å²) in [4.78, 5) is 88.7. The number of carbonyl (C=O) groups excluding carboxylic acids is 2. The van der Waals surface area contributed by atoms with Gasteiger partial charge in [-0.2, -0.15) is 10.2 Å². The zero-order chi connectivity index (χ0) is 65.8. The summed E-state index contributed by atoms with van der Waals surface area (Å²) in [5, 5.41) is 33.5. The lowest BCUT2D eigenvalue weighted by atomic mass is 10.0. The molecule has 0 spiro atoms. The van der Waals surface area contributed by atoms with E-state index >= 15 is 4.39 Å². The van der Waals surface area contributed by atoms with Crippen LogP contribution in [0, 0.1) is 29.9 Å². The molecule has 2 atom stereocenters. The van der Waals surface area contributed by atoms with Crippen molar-refractivity contribution in [3.05, 3.63) is 134 Å². The predicted molar refractivity (Wildman–Crippen MR) is 335 cm³/mol. The van der Waals surface area contributed by atoms with Crippen molar-refractivity contribution in [1.29, 1.82) is 5.26 Å². The summed E-state index contributed by atoms with van der Waals surface area (Å²) in [5.74, 6) is -2.70. The molecule has 2 aromatic carbocycles. The number of ether oxygens (including phenoxy) is 6. The molecule has 7 heterocycles.